The molecule has 3 aromatic rings. The third kappa shape index (κ3) is 5.01. The van der Waals surface area contributed by atoms with Gasteiger partial charge in [0.05, 0.1) is 23.5 Å². The highest BCUT2D eigenvalue weighted by Crippen LogP contribution is 2.27. The molecule has 4 rings (SSSR count). The van der Waals surface area contributed by atoms with Gasteiger partial charge in [-0.05, 0) is 24.6 Å². The molecular weight excluding hydrogens is 426 g/mol. The SMILES string of the molecule is COCc1nc(C)nc(N2CCN(C(=O)c3ccco3)CC2)c1Cc1ccc([N+](=O)[O-])cc1. The minimum atomic E-state index is -0.413. The van der Waals surface area contributed by atoms with Crippen molar-refractivity contribution in [2.75, 3.05) is 38.2 Å². The van der Waals surface area contributed by atoms with E-state index in [-0.39, 0.29) is 11.6 Å². The van der Waals surface area contributed by atoms with Gasteiger partial charge in [0.25, 0.3) is 11.6 Å². The summed E-state index contributed by atoms with van der Waals surface area (Å²) in [5.41, 5.74) is 2.67. The Morgan fingerprint density at radius 2 is 1.88 bits per heavy atom. The number of rotatable bonds is 7. The molecule has 0 saturated carbocycles. The van der Waals surface area contributed by atoms with Crippen molar-refractivity contribution in [2.24, 2.45) is 0 Å². The molecule has 10 nitrogen and oxygen atoms in total. The molecule has 2 aromatic heterocycles. The van der Waals surface area contributed by atoms with Gasteiger partial charge in [-0.1, -0.05) is 12.1 Å². The number of nitrogens with zero attached hydrogens (tertiary/aromatic N) is 5. The highest BCUT2D eigenvalue weighted by Gasteiger charge is 2.27. The van der Waals surface area contributed by atoms with E-state index in [1.165, 1.54) is 18.4 Å². The molecule has 0 atom stereocenters. The lowest BCUT2D eigenvalue weighted by Crippen LogP contribution is -2.49. The van der Waals surface area contributed by atoms with Crippen molar-refractivity contribution in [1.29, 1.82) is 0 Å². The van der Waals surface area contributed by atoms with Crippen molar-refractivity contribution in [2.45, 2.75) is 20.0 Å². The highest BCUT2D eigenvalue weighted by molar-refractivity contribution is 5.91. The molecule has 0 bridgehead atoms. The number of furan rings is 1. The van der Waals surface area contributed by atoms with Gasteiger partial charge >= 0.3 is 0 Å². The van der Waals surface area contributed by atoms with E-state index in [1.54, 1.807) is 36.3 Å². The lowest BCUT2D eigenvalue weighted by molar-refractivity contribution is -0.384. The molecule has 1 aliphatic heterocycles. The summed E-state index contributed by atoms with van der Waals surface area (Å²) < 4.78 is 10.6. The smallest absolute Gasteiger partial charge is 0.289 e. The lowest BCUT2D eigenvalue weighted by Gasteiger charge is -2.36. The number of non-ortho nitro benzene ring substituents is 1. The van der Waals surface area contributed by atoms with E-state index >= 15 is 0 Å². The van der Waals surface area contributed by atoms with Gasteiger partial charge in [0.1, 0.15) is 11.6 Å². The maximum absolute atomic E-state index is 12.6. The number of hydrogen-bond donors (Lipinski definition) is 0. The van der Waals surface area contributed by atoms with Crippen molar-refractivity contribution < 1.29 is 18.9 Å². The Bertz CT molecular complexity index is 1120. The average molecular weight is 451 g/mol. The Balaban J connectivity index is 1.58. The van der Waals surface area contributed by atoms with Crippen LogP contribution in [0, 0.1) is 17.0 Å². The first-order chi connectivity index (χ1) is 16.0. The molecular formula is C23H25N5O5. The monoisotopic (exact) mass is 451 g/mol. The molecule has 0 unspecified atom stereocenters. The van der Waals surface area contributed by atoms with Crippen molar-refractivity contribution in [3.05, 3.63) is 81.2 Å². The number of aromatic nitrogens is 2. The molecule has 0 N–H and O–H groups in total. The molecule has 172 valence electrons. The predicted octanol–water partition coefficient (Wildman–Crippen LogP) is 2.99. The normalized spacial score (nSPS) is 13.9. The van der Waals surface area contributed by atoms with Crippen molar-refractivity contribution in [3.63, 3.8) is 0 Å². The summed E-state index contributed by atoms with van der Waals surface area (Å²) in [4.78, 5) is 36.4. The summed E-state index contributed by atoms with van der Waals surface area (Å²) in [5.74, 6) is 1.66. The second-order valence-corrected chi connectivity index (χ2v) is 7.81. The van der Waals surface area contributed by atoms with Crippen molar-refractivity contribution in [3.8, 4) is 0 Å². The van der Waals surface area contributed by atoms with Gasteiger partial charge < -0.3 is 19.0 Å². The maximum atomic E-state index is 12.6. The van der Waals surface area contributed by atoms with E-state index in [0.29, 0.717) is 50.8 Å². The van der Waals surface area contributed by atoms with Crippen LogP contribution in [0.1, 0.15) is 33.2 Å². The molecule has 1 aliphatic rings. The Kier molecular flexibility index (Phi) is 6.64. The average Bonchev–Trinajstić information content (AvgIpc) is 3.36. The van der Waals surface area contributed by atoms with Gasteiger partial charge in [0, 0.05) is 57.4 Å². The van der Waals surface area contributed by atoms with Crippen LogP contribution in [0.15, 0.2) is 47.1 Å². The zero-order valence-electron chi connectivity index (χ0n) is 18.6. The van der Waals surface area contributed by atoms with Gasteiger partial charge in [-0.25, -0.2) is 9.97 Å². The van der Waals surface area contributed by atoms with Crippen LogP contribution >= 0.6 is 0 Å². The van der Waals surface area contributed by atoms with Gasteiger partial charge in [-0.3, -0.25) is 14.9 Å². The largest absolute Gasteiger partial charge is 0.459 e. The predicted molar refractivity (Wildman–Crippen MR) is 120 cm³/mol. The summed E-state index contributed by atoms with van der Waals surface area (Å²) in [7, 11) is 1.62. The number of anilines is 1. The molecule has 3 heterocycles. The van der Waals surface area contributed by atoms with Gasteiger partial charge in [0.2, 0.25) is 0 Å². The number of hydrogen-bond acceptors (Lipinski definition) is 8. The molecule has 10 heteroatoms. The van der Waals surface area contributed by atoms with Crippen LogP contribution < -0.4 is 4.90 Å². The zero-order chi connectivity index (χ0) is 23.4. The molecule has 1 saturated heterocycles. The van der Waals surface area contributed by atoms with Gasteiger partial charge in [-0.2, -0.15) is 0 Å². The van der Waals surface area contributed by atoms with Gasteiger partial charge in [0.15, 0.2) is 5.76 Å². The first kappa shape index (κ1) is 22.4. The Morgan fingerprint density at radius 3 is 2.48 bits per heavy atom. The second-order valence-electron chi connectivity index (χ2n) is 7.81. The molecule has 33 heavy (non-hydrogen) atoms. The number of carbonyl (C=O) groups is 1. The number of piperazine rings is 1. The van der Waals surface area contributed by atoms with E-state index in [9.17, 15) is 14.9 Å². The molecule has 1 amide bonds. The fourth-order valence-corrected chi connectivity index (χ4v) is 3.95. The Morgan fingerprint density at radius 1 is 1.15 bits per heavy atom. The fourth-order valence-electron chi connectivity index (χ4n) is 3.95. The summed E-state index contributed by atoms with van der Waals surface area (Å²) in [6, 6.07) is 9.87. The summed E-state index contributed by atoms with van der Waals surface area (Å²) in [6.45, 7) is 4.48. The molecule has 1 fully saturated rings. The molecule has 0 spiro atoms. The first-order valence-corrected chi connectivity index (χ1v) is 10.6. The van der Waals surface area contributed by atoms with Crippen LogP contribution in [0.5, 0.6) is 0 Å². The van der Waals surface area contributed by atoms with Crippen LogP contribution in [0.25, 0.3) is 0 Å². The maximum Gasteiger partial charge on any atom is 0.289 e. The first-order valence-electron chi connectivity index (χ1n) is 10.6. The second kappa shape index (κ2) is 9.78. The summed E-state index contributed by atoms with van der Waals surface area (Å²) in [5, 5.41) is 11.0. The van der Waals surface area contributed by atoms with Crippen LogP contribution in [0.4, 0.5) is 11.5 Å². The Hall–Kier alpha value is -3.79. The molecule has 0 aliphatic carbocycles. The van der Waals surface area contributed by atoms with Crippen molar-refractivity contribution >= 4 is 17.4 Å². The number of carbonyl (C=O) groups excluding carboxylic acids is 1. The number of ether oxygens (including phenoxy) is 1. The van der Waals surface area contributed by atoms with Crippen LogP contribution in [0.3, 0.4) is 0 Å². The van der Waals surface area contributed by atoms with Crippen LogP contribution in [-0.2, 0) is 17.8 Å². The lowest BCUT2D eigenvalue weighted by atomic mass is 10.0. The molecule has 0 radical (unpaired) electrons. The van der Waals surface area contributed by atoms with E-state index in [4.69, 9.17) is 14.1 Å². The number of methoxy groups -OCH3 is 1. The Labute approximate surface area is 191 Å². The standard InChI is InChI=1S/C23H25N5O5/c1-16-24-20(15-32-2)19(14-17-5-7-18(8-6-17)28(30)31)22(25-16)26-9-11-27(12-10-26)23(29)21-4-3-13-33-21/h3-8,13H,9-12,14-15H2,1-2H3. The van der Waals surface area contributed by atoms with E-state index in [0.717, 1.165) is 22.6 Å². The van der Waals surface area contributed by atoms with Crippen LogP contribution in [-0.4, -0.2) is 59.0 Å². The third-order valence-corrected chi connectivity index (χ3v) is 5.59. The zero-order valence-corrected chi connectivity index (χ0v) is 18.6. The topological polar surface area (TPSA) is 115 Å². The van der Waals surface area contributed by atoms with E-state index in [2.05, 4.69) is 9.88 Å². The highest BCUT2D eigenvalue weighted by atomic mass is 16.6. The third-order valence-electron chi connectivity index (χ3n) is 5.59. The summed E-state index contributed by atoms with van der Waals surface area (Å²) in [6.07, 6.45) is 2.01. The number of nitro benzene ring substituents is 1. The van der Waals surface area contributed by atoms with E-state index in [1.807, 2.05) is 6.92 Å². The number of nitro groups is 1. The van der Waals surface area contributed by atoms with Gasteiger partial charge in [-0.15, -0.1) is 0 Å². The fraction of sp³-hybridized carbons (Fsp3) is 0.348. The number of amides is 1. The van der Waals surface area contributed by atoms with E-state index < -0.39 is 4.92 Å². The molecule has 1 aromatic carbocycles. The van der Waals surface area contributed by atoms with Crippen molar-refractivity contribution in [1.82, 2.24) is 14.9 Å². The number of benzene rings is 1. The summed E-state index contributed by atoms with van der Waals surface area (Å²) >= 11 is 0. The van der Waals surface area contributed by atoms with Crippen LogP contribution in [0.2, 0.25) is 0 Å². The minimum Gasteiger partial charge on any atom is -0.459 e. The quantitative estimate of drug-likeness (QED) is 0.398. The number of aryl methyl sites for hydroxylation is 1. The minimum absolute atomic E-state index is 0.0496.